The molecule has 1 atom stereocenters. The molecule has 2 fully saturated rings. The first-order chi connectivity index (χ1) is 25.8. The summed E-state index contributed by atoms with van der Waals surface area (Å²) in [6.07, 6.45) is 6.96. The van der Waals surface area contributed by atoms with E-state index < -0.39 is 41.9 Å². The van der Waals surface area contributed by atoms with E-state index in [4.69, 9.17) is 15.6 Å². The number of carboxylic acid groups (broad SMARTS) is 1. The number of carbonyl (C=O) groups excluding carboxylic acids is 2. The Balaban J connectivity index is 1.16. The highest BCUT2D eigenvalue weighted by atomic mass is 19.3. The number of ketones is 1. The van der Waals surface area contributed by atoms with Gasteiger partial charge in [0, 0.05) is 60.6 Å². The van der Waals surface area contributed by atoms with E-state index in [1.165, 1.54) is 24.3 Å². The van der Waals surface area contributed by atoms with E-state index in [2.05, 4.69) is 30.2 Å². The molecule has 6 rings (SSSR count). The molecule has 2 aliphatic heterocycles. The minimum absolute atomic E-state index is 0.0161. The van der Waals surface area contributed by atoms with Gasteiger partial charge in [0.25, 0.3) is 0 Å². The van der Waals surface area contributed by atoms with Crippen LogP contribution in [0.1, 0.15) is 43.2 Å². The number of ether oxygens (including phenoxy) is 1. The van der Waals surface area contributed by atoms with Crippen molar-refractivity contribution < 1.29 is 41.8 Å². The number of benzene rings is 2. The van der Waals surface area contributed by atoms with E-state index in [1.807, 2.05) is 24.3 Å². The number of aliphatic imine (C=N–C) groups is 2. The van der Waals surface area contributed by atoms with Crippen molar-refractivity contribution >= 4 is 40.8 Å². The molecule has 1 aliphatic carbocycles. The van der Waals surface area contributed by atoms with Gasteiger partial charge < -0.3 is 25.8 Å². The Labute approximate surface area is 308 Å². The number of aliphatic carboxylic acids is 1. The molecule has 1 saturated heterocycles. The molecule has 0 spiro atoms. The van der Waals surface area contributed by atoms with E-state index in [0.717, 1.165) is 42.4 Å². The van der Waals surface area contributed by atoms with Crippen molar-refractivity contribution in [2.75, 3.05) is 49.6 Å². The van der Waals surface area contributed by atoms with Crippen molar-refractivity contribution in [3.05, 3.63) is 72.1 Å². The van der Waals surface area contributed by atoms with Crippen molar-refractivity contribution in [3.8, 4) is 11.1 Å². The quantitative estimate of drug-likeness (QED) is 0.191. The number of carboxylic acids is 1. The molecule has 12 nitrogen and oxygen atoms in total. The lowest BCUT2D eigenvalue weighted by molar-refractivity contribution is -0.201. The molecule has 2 aromatic carbocycles. The number of aromatic nitrogens is 2. The van der Waals surface area contributed by atoms with E-state index in [-0.39, 0.29) is 35.9 Å². The summed E-state index contributed by atoms with van der Waals surface area (Å²) in [7, 11) is 0. The van der Waals surface area contributed by atoms with Gasteiger partial charge in [-0.3, -0.25) is 14.6 Å². The number of Topliss-reactive ketones (excluding diaryl/α,β-unsaturated/α-hetero) is 1. The number of hydrogen-bond acceptors (Lipinski definition) is 10. The summed E-state index contributed by atoms with van der Waals surface area (Å²) in [4.78, 5) is 56.7. The van der Waals surface area contributed by atoms with Crippen LogP contribution >= 0.6 is 0 Å². The third-order valence-corrected chi connectivity index (χ3v) is 10.2. The van der Waals surface area contributed by atoms with E-state index in [1.54, 1.807) is 12.4 Å². The number of anilines is 2. The Hall–Kier alpha value is -5.09. The van der Waals surface area contributed by atoms with Gasteiger partial charge in [-0.25, -0.2) is 19.8 Å². The Bertz CT molecular complexity index is 1890. The number of alkyl halides is 4. The van der Waals surface area contributed by atoms with Crippen LogP contribution in [0.25, 0.3) is 11.1 Å². The van der Waals surface area contributed by atoms with Gasteiger partial charge in [-0.1, -0.05) is 24.3 Å². The summed E-state index contributed by atoms with van der Waals surface area (Å²) in [5, 5.41) is 11.4. The van der Waals surface area contributed by atoms with Crippen LogP contribution in [0.3, 0.4) is 0 Å². The highest BCUT2D eigenvalue weighted by Crippen LogP contribution is 2.37. The fourth-order valence-corrected chi connectivity index (χ4v) is 6.88. The largest absolute Gasteiger partial charge is 0.477 e. The zero-order valence-electron chi connectivity index (χ0n) is 29.4. The second-order valence-electron chi connectivity index (χ2n) is 13.8. The molecule has 16 heteroatoms. The molecule has 0 radical (unpaired) electrons. The Morgan fingerprint density at radius 2 is 1.63 bits per heavy atom. The SMILES string of the molecule is NCC1CCC(C(=O)C[C@@H](Cc2cccc(-c3cnc(N4CCOCC4)nc3)c2)C(=O)Nc2ccc(C3=NCC(C(F)(F)C(F)(F)C(=O)O)=N3)cc2)CC1. The van der Waals surface area contributed by atoms with Crippen LogP contribution in [0.5, 0.6) is 0 Å². The van der Waals surface area contributed by atoms with Gasteiger partial charge in [0.1, 0.15) is 11.5 Å². The average Bonchev–Trinajstić information content (AvgIpc) is 3.70. The predicted molar refractivity (Wildman–Crippen MR) is 193 cm³/mol. The summed E-state index contributed by atoms with van der Waals surface area (Å²) in [6.45, 7) is 2.33. The molecule has 0 unspecified atom stereocenters. The lowest BCUT2D eigenvalue weighted by Crippen LogP contribution is -2.52. The molecule has 1 aromatic heterocycles. The Morgan fingerprint density at radius 3 is 2.28 bits per heavy atom. The molecular weight excluding hydrogens is 710 g/mol. The van der Waals surface area contributed by atoms with Gasteiger partial charge >= 0.3 is 17.8 Å². The number of rotatable bonds is 14. The van der Waals surface area contributed by atoms with Crippen molar-refractivity contribution in [3.63, 3.8) is 0 Å². The molecule has 54 heavy (non-hydrogen) atoms. The second kappa shape index (κ2) is 16.5. The zero-order chi connectivity index (χ0) is 38.5. The van der Waals surface area contributed by atoms with E-state index in [9.17, 15) is 31.9 Å². The number of nitrogens with two attached hydrogens (primary N) is 1. The second-order valence-corrected chi connectivity index (χ2v) is 13.8. The lowest BCUT2D eigenvalue weighted by atomic mass is 9.77. The Morgan fingerprint density at radius 1 is 0.944 bits per heavy atom. The maximum absolute atomic E-state index is 14.3. The topological polar surface area (TPSA) is 172 Å². The van der Waals surface area contributed by atoms with Crippen LogP contribution in [0.4, 0.5) is 29.2 Å². The number of hydrogen-bond donors (Lipinski definition) is 3. The summed E-state index contributed by atoms with van der Waals surface area (Å²) >= 11 is 0. The average molecular weight is 752 g/mol. The number of carbonyl (C=O) groups is 3. The van der Waals surface area contributed by atoms with Crippen molar-refractivity contribution in [2.24, 2.45) is 33.5 Å². The van der Waals surface area contributed by atoms with Gasteiger partial charge in [0.15, 0.2) is 5.84 Å². The standard InChI is InChI=1S/C38H41F4N7O5/c39-37(40,38(41,42)35(52)53)32-22-44-33(48-32)26-8-10-30(11-9-26)47-34(51)28(18-31(50)25-6-4-23(19-43)5-7-25)17-24-2-1-3-27(16-24)29-20-45-36(46-21-29)49-12-14-54-15-13-49/h1-3,8-11,16,20-21,23,25,28H,4-7,12-15,17-19,22,43H2,(H,47,51)(H,52,53)/t23?,25?,28-/m1/s1. The number of amidine groups is 1. The van der Waals surface area contributed by atoms with Crippen LogP contribution in [-0.2, 0) is 25.5 Å². The van der Waals surface area contributed by atoms with Gasteiger partial charge in [0.2, 0.25) is 11.9 Å². The zero-order valence-corrected chi connectivity index (χ0v) is 29.4. The normalized spacial score (nSPS) is 19.8. The van der Waals surface area contributed by atoms with Gasteiger partial charge in [0.05, 0.1) is 19.8 Å². The minimum atomic E-state index is -5.36. The fourth-order valence-electron chi connectivity index (χ4n) is 6.88. The van der Waals surface area contributed by atoms with Crippen LogP contribution in [0.2, 0.25) is 0 Å². The molecular formula is C38H41F4N7O5. The van der Waals surface area contributed by atoms with Crippen LogP contribution in [-0.4, -0.2) is 95.5 Å². The van der Waals surface area contributed by atoms with Gasteiger partial charge in [-0.15, -0.1) is 0 Å². The molecule has 4 N–H and O–H groups in total. The van der Waals surface area contributed by atoms with Crippen LogP contribution in [0, 0.1) is 17.8 Å². The number of nitrogens with one attached hydrogen (secondary N) is 1. The van der Waals surface area contributed by atoms with Crippen molar-refractivity contribution in [1.82, 2.24) is 9.97 Å². The van der Waals surface area contributed by atoms with Gasteiger partial charge in [-0.05, 0) is 80.0 Å². The third kappa shape index (κ3) is 8.65. The first-order valence-corrected chi connectivity index (χ1v) is 17.9. The molecule has 0 bridgehead atoms. The minimum Gasteiger partial charge on any atom is -0.477 e. The number of amides is 1. The molecule has 3 heterocycles. The molecule has 1 saturated carbocycles. The van der Waals surface area contributed by atoms with Crippen molar-refractivity contribution in [2.45, 2.75) is 50.4 Å². The predicted octanol–water partition coefficient (Wildman–Crippen LogP) is 5.06. The first-order valence-electron chi connectivity index (χ1n) is 17.9. The van der Waals surface area contributed by atoms with Crippen LogP contribution in [0.15, 0.2) is 70.9 Å². The van der Waals surface area contributed by atoms with E-state index >= 15 is 0 Å². The fraction of sp³-hybridized carbons (Fsp3) is 0.447. The highest BCUT2D eigenvalue weighted by molar-refractivity contribution is 6.15. The summed E-state index contributed by atoms with van der Waals surface area (Å²) in [5.41, 5.74) is 7.49. The summed E-state index contributed by atoms with van der Waals surface area (Å²) in [5.74, 6) is -13.9. The van der Waals surface area contributed by atoms with E-state index in [0.29, 0.717) is 50.4 Å². The van der Waals surface area contributed by atoms with Crippen LogP contribution < -0.4 is 16.0 Å². The molecule has 3 aromatic rings. The number of nitrogens with zero attached hydrogens (tertiary/aromatic N) is 5. The molecule has 1 amide bonds. The number of halogens is 4. The number of morpholine rings is 1. The first kappa shape index (κ1) is 38.6. The maximum atomic E-state index is 14.3. The maximum Gasteiger partial charge on any atom is 0.409 e. The smallest absolute Gasteiger partial charge is 0.409 e. The Kier molecular flexibility index (Phi) is 11.8. The van der Waals surface area contributed by atoms with Gasteiger partial charge in [-0.2, -0.15) is 17.6 Å². The molecule has 286 valence electrons. The highest BCUT2D eigenvalue weighted by Gasteiger charge is 2.65. The molecule has 3 aliphatic rings. The third-order valence-electron chi connectivity index (χ3n) is 10.2. The summed E-state index contributed by atoms with van der Waals surface area (Å²) < 4.78 is 61.4. The summed E-state index contributed by atoms with van der Waals surface area (Å²) in [6, 6.07) is 13.4. The van der Waals surface area contributed by atoms with Crippen molar-refractivity contribution in [1.29, 1.82) is 0 Å². The lowest BCUT2D eigenvalue weighted by Gasteiger charge is -2.28. The monoisotopic (exact) mass is 751 g/mol.